The van der Waals surface area contributed by atoms with Gasteiger partial charge in [0, 0.05) is 47.2 Å². The molecule has 210 valence electrons. The zero-order chi connectivity index (χ0) is 28.5. The largest absolute Gasteiger partial charge is 0.496 e. The minimum Gasteiger partial charge on any atom is -0.496 e. The molecule has 0 saturated carbocycles. The van der Waals surface area contributed by atoms with Crippen molar-refractivity contribution in [2.75, 3.05) is 7.11 Å². The summed E-state index contributed by atoms with van der Waals surface area (Å²) in [6, 6.07) is 30.5. The van der Waals surface area contributed by atoms with Gasteiger partial charge in [-0.25, -0.2) is 0 Å². The summed E-state index contributed by atoms with van der Waals surface area (Å²) in [4.78, 5) is 0. The van der Waals surface area contributed by atoms with Gasteiger partial charge in [0.25, 0.3) is 0 Å². The number of hydrogen-bond donors (Lipinski definition) is 2. The highest BCUT2D eigenvalue weighted by Crippen LogP contribution is 2.60. The molecule has 7 heteroatoms. The van der Waals surface area contributed by atoms with E-state index in [1.54, 1.807) is 11.7 Å². The number of aliphatic hydroxyl groups excluding tert-OH is 2. The van der Waals surface area contributed by atoms with Crippen molar-refractivity contribution in [1.29, 1.82) is 0 Å². The van der Waals surface area contributed by atoms with E-state index < -0.39 is 14.5 Å². The van der Waals surface area contributed by atoms with Crippen molar-refractivity contribution in [3.05, 3.63) is 114 Å². The molecule has 41 heavy (non-hydrogen) atoms. The first-order valence-corrected chi connectivity index (χ1v) is 16.3. The average Bonchev–Trinajstić information content (AvgIpc) is 3.36. The average molecular weight is 564 g/mol. The highest BCUT2D eigenvalue weighted by Gasteiger charge is 2.68. The summed E-state index contributed by atoms with van der Waals surface area (Å²) in [5.74, 6) is 0.684. The second-order valence-electron chi connectivity index (χ2n) is 12.4. The fourth-order valence-corrected chi connectivity index (χ4v) is 13.9. The van der Waals surface area contributed by atoms with Gasteiger partial charge < -0.3 is 28.6 Å². The van der Waals surface area contributed by atoms with Crippen molar-refractivity contribution < 1.29 is 14.9 Å². The Labute approximate surface area is 242 Å². The quantitative estimate of drug-likeness (QED) is 0.221. The summed E-state index contributed by atoms with van der Waals surface area (Å²) in [5.41, 5.74) is 3.90. The number of fused-ring (bicyclic) bond motifs is 5. The van der Waals surface area contributed by atoms with Crippen LogP contribution in [0.5, 0.6) is 5.75 Å². The Balaban J connectivity index is 1.42. The van der Waals surface area contributed by atoms with Crippen molar-refractivity contribution in [1.82, 2.24) is 13.7 Å². The number of aliphatic hydroxyl groups is 2. The lowest BCUT2D eigenvalue weighted by Gasteiger charge is -2.46. The Morgan fingerprint density at radius 3 is 2.07 bits per heavy atom. The summed E-state index contributed by atoms with van der Waals surface area (Å²) >= 11 is 0. The number of hydrogen-bond acceptors (Lipinski definition) is 4. The molecule has 6 nitrogen and oxygen atoms in total. The molecule has 3 aromatic carbocycles. The maximum absolute atomic E-state index is 11.2. The molecule has 2 aromatic heterocycles. The normalized spacial score (nSPS) is 20.6. The fraction of sp³-hybridized carbons (Fsp3) is 0.294. The van der Waals surface area contributed by atoms with Crippen LogP contribution in [-0.4, -0.2) is 45.3 Å². The van der Waals surface area contributed by atoms with Gasteiger partial charge >= 0.3 is 0 Å². The molecule has 2 aliphatic rings. The lowest BCUT2D eigenvalue weighted by molar-refractivity contribution is 0.146. The molecule has 0 aliphatic carbocycles. The zero-order valence-corrected chi connectivity index (χ0v) is 25.0. The first-order valence-electron chi connectivity index (χ1n) is 14.4. The standard InChI is InChI=1S/C34H37N3O3Si/c1-34(2,3)41(24-13-7-5-8-14-24,25-15-9-6-10-16-25)37-28-21-36-27-19-23(33(39)35-17-11-12-18-35)20-29(40-4)30(27)26(22-38)31(36)32(28)37/h5-20,28,32-33,38-39H,21-22H2,1-4H3/t28-,32-,33?,37?/m0/s1. The van der Waals surface area contributed by atoms with E-state index in [1.165, 1.54) is 16.1 Å². The summed E-state index contributed by atoms with van der Waals surface area (Å²) in [7, 11) is -0.822. The van der Waals surface area contributed by atoms with Crippen LogP contribution in [0.2, 0.25) is 5.04 Å². The van der Waals surface area contributed by atoms with Crippen molar-refractivity contribution >= 4 is 29.5 Å². The Bertz CT molecular complexity index is 1670. The van der Waals surface area contributed by atoms with E-state index >= 15 is 0 Å². The van der Waals surface area contributed by atoms with E-state index in [1.807, 2.05) is 30.6 Å². The summed E-state index contributed by atoms with van der Waals surface area (Å²) in [5, 5.41) is 25.8. The van der Waals surface area contributed by atoms with Gasteiger partial charge in [-0.1, -0.05) is 81.4 Å². The maximum atomic E-state index is 11.2. The number of aromatic nitrogens is 2. The van der Waals surface area contributed by atoms with Gasteiger partial charge in [0.15, 0.2) is 14.5 Å². The highest BCUT2D eigenvalue weighted by molar-refractivity contribution is 7.02. The Morgan fingerprint density at radius 1 is 0.927 bits per heavy atom. The smallest absolute Gasteiger partial charge is 0.198 e. The van der Waals surface area contributed by atoms with Crippen LogP contribution in [0.4, 0.5) is 0 Å². The third-order valence-corrected chi connectivity index (χ3v) is 15.2. The van der Waals surface area contributed by atoms with Gasteiger partial charge in [-0.15, -0.1) is 0 Å². The number of ether oxygens (including phenoxy) is 1. The molecule has 7 rings (SSSR count). The van der Waals surface area contributed by atoms with Crippen LogP contribution in [-0.2, 0) is 13.2 Å². The predicted molar refractivity (Wildman–Crippen MR) is 165 cm³/mol. The molecule has 2 aliphatic heterocycles. The summed E-state index contributed by atoms with van der Waals surface area (Å²) < 4.78 is 12.9. The van der Waals surface area contributed by atoms with Gasteiger partial charge in [-0.2, -0.15) is 0 Å². The van der Waals surface area contributed by atoms with Crippen molar-refractivity contribution in [2.45, 2.75) is 57.3 Å². The number of rotatable bonds is 7. The lowest BCUT2D eigenvalue weighted by Crippen LogP contribution is -2.70. The Morgan fingerprint density at radius 2 is 1.54 bits per heavy atom. The van der Waals surface area contributed by atoms with E-state index in [0.717, 1.165) is 28.6 Å². The second-order valence-corrected chi connectivity index (χ2v) is 17.0. The van der Waals surface area contributed by atoms with Crippen LogP contribution < -0.4 is 15.1 Å². The molecule has 1 saturated heterocycles. The molecule has 0 amide bonds. The van der Waals surface area contributed by atoms with Crippen LogP contribution in [0.1, 0.15) is 49.9 Å². The Hall–Kier alpha value is -3.62. The van der Waals surface area contributed by atoms with Gasteiger partial charge in [-0.3, -0.25) is 0 Å². The van der Waals surface area contributed by atoms with E-state index in [2.05, 4.69) is 96.6 Å². The molecule has 5 aromatic rings. The first kappa shape index (κ1) is 26.3. The summed E-state index contributed by atoms with van der Waals surface area (Å²) in [6.45, 7) is 7.97. The minimum absolute atomic E-state index is 0.00199. The molecular formula is C34H37N3O3Si. The molecule has 4 atom stereocenters. The van der Waals surface area contributed by atoms with Gasteiger partial charge in [0.2, 0.25) is 0 Å². The monoisotopic (exact) mass is 563 g/mol. The van der Waals surface area contributed by atoms with Gasteiger partial charge in [0.05, 0.1) is 25.3 Å². The van der Waals surface area contributed by atoms with E-state index in [9.17, 15) is 10.2 Å². The minimum atomic E-state index is -2.49. The van der Waals surface area contributed by atoms with Crippen LogP contribution >= 0.6 is 0 Å². The van der Waals surface area contributed by atoms with Gasteiger partial charge in [-0.05, 0) is 39.7 Å². The van der Waals surface area contributed by atoms with Gasteiger partial charge in [0.1, 0.15) is 5.75 Å². The molecule has 0 spiro atoms. The number of nitrogens with zero attached hydrogens (tertiary/aromatic N) is 3. The SMILES string of the molecule is COc1cc(C(O)n2cccc2)cc2c1c(CO)c1n2C[C@H]2[C@@H]1N2[Si](c1ccccc1)(c1ccccc1)C(C)(C)C. The number of methoxy groups -OCH3 is 1. The maximum Gasteiger partial charge on any atom is 0.198 e. The third kappa shape index (κ3) is 3.66. The van der Waals surface area contributed by atoms with Crippen LogP contribution in [0.15, 0.2) is 97.3 Å². The first-order chi connectivity index (χ1) is 19.8. The third-order valence-electron chi connectivity index (χ3n) is 9.32. The Kier molecular flexibility index (Phi) is 6.06. The molecule has 1 fully saturated rings. The summed E-state index contributed by atoms with van der Waals surface area (Å²) in [6.07, 6.45) is 2.90. The van der Waals surface area contributed by atoms with Crippen LogP contribution in [0.3, 0.4) is 0 Å². The van der Waals surface area contributed by atoms with Crippen molar-refractivity contribution in [3.8, 4) is 5.75 Å². The van der Waals surface area contributed by atoms with Crippen molar-refractivity contribution in [3.63, 3.8) is 0 Å². The second kappa shape index (κ2) is 9.46. The molecule has 2 N–H and O–H groups in total. The molecule has 0 radical (unpaired) electrons. The molecule has 0 bridgehead atoms. The van der Waals surface area contributed by atoms with Crippen LogP contribution in [0, 0.1) is 0 Å². The van der Waals surface area contributed by atoms with E-state index in [-0.39, 0.29) is 17.7 Å². The zero-order valence-electron chi connectivity index (χ0n) is 24.0. The topological polar surface area (TPSA) is 62.6 Å². The molecule has 2 unspecified atom stereocenters. The lowest BCUT2D eigenvalue weighted by atomic mass is 10.0. The van der Waals surface area contributed by atoms with E-state index in [4.69, 9.17) is 4.74 Å². The predicted octanol–water partition coefficient (Wildman–Crippen LogP) is 4.78. The fourth-order valence-electron chi connectivity index (χ4n) is 7.75. The molecular weight excluding hydrogens is 526 g/mol. The van der Waals surface area contributed by atoms with E-state index in [0.29, 0.717) is 11.8 Å². The van der Waals surface area contributed by atoms with Crippen molar-refractivity contribution in [2.24, 2.45) is 0 Å². The van der Waals surface area contributed by atoms with Crippen LogP contribution in [0.25, 0.3) is 10.9 Å². The molecule has 4 heterocycles. The highest BCUT2D eigenvalue weighted by atomic mass is 28.3. The number of benzene rings is 3.